The number of hydrogen-bond donors (Lipinski definition) is 2. The summed E-state index contributed by atoms with van der Waals surface area (Å²) in [5, 5.41) is 0. The minimum atomic E-state index is -4.57. The minimum Gasteiger partial charge on any atom is -0.795 e. The van der Waals surface area contributed by atoms with Crippen LogP contribution in [0.5, 0.6) is 0 Å². The molecule has 0 saturated carbocycles. The Bertz CT molecular complexity index is 214. The van der Waals surface area contributed by atoms with E-state index in [1.807, 2.05) is 0 Å². The molecule has 0 radical (unpaired) electrons. The van der Waals surface area contributed by atoms with E-state index in [2.05, 4.69) is 24.7 Å². The van der Waals surface area contributed by atoms with E-state index in [9.17, 15) is 19.2 Å². The zero-order valence-electron chi connectivity index (χ0n) is 8.16. The molecule has 0 aromatic carbocycles. The first-order chi connectivity index (χ1) is 6.24. The molecule has 4 aliphatic rings. The van der Waals surface area contributed by atoms with Crippen molar-refractivity contribution in [1.29, 1.82) is 0 Å². The van der Waals surface area contributed by atoms with Crippen LogP contribution in [0.1, 0.15) is 0 Å². The van der Waals surface area contributed by atoms with Crippen molar-refractivity contribution in [3.05, 3.63) is 0 Å². The Morgan fingerprint density at radius 1 is 0.625 bits per heavy atom. The van der Waals surface area contributed by atoms with Crippen molar-refractivity contribution in [3.63, 3.8) is 0 Å². The summed E-state index contributed by atoms with van der Waals surface area (Å²) in [5.41, 5.74) is 0. The van der Waals surface area contributed by atoms with Crippen molar-refractivity contribution in [2.24, 2.45) is 0 Å². The molecule has 0 aromatic rings. The van der Waals surface area contributed by atoms with E-state index in [1.165, 1.54) is 0 Å². The van der Waals surface area contributed by atoms with E-state index >= 15 is 0 Å². The van der Waals surface area contributed by atoms with Gasteiger partial charge in [-0.25, -0.2) is 0 Å². The molecule has 10 nitrogen and oxygen atoms in total. The Hall–Kier alpha value is 2.47. The number of rotatable bonds is 0. The molecule has 4 aliphatic heterocycles. The van der Waals surface area contributed by atoms with Crippen molar-refractivity contribution in [3.8, 4) is 0 Å². The minimum absolute atomic E-state index is 0. The van der Waals surface area contributed by atoms with E-state index in [-0.39, 0.29) is 59.1 Å². The van der Waals surface area contributed by atoms with Crippen molar-refractivity contribution in [2.75, 3.05) is 0 Å². The molecule has 16 heteroatoms. The Morgan fingerprint density at radius 2 is 0.938 bits per heavy atom. The maximum absolute atomic E-state index is 11.4. The van der Waals surface area contributed by atoms with Crippen LogP contribution in [-0.4, -0.2) is 45.8 Å². The Balaban J connectivity index is 0.000000640. The molecule has 4 rings (SSSR count). The summed E-state index contributed by atoms with van der Waals surface area (Å²) >= 11 is 0. The topological polar surface area (TPSA) is 142 Å². The molecule has 0 atom stereocenters. The summed E-state index contributed by atoms with van der Waals surface area (Å²) in [5.74, 6) is 0. The van der Waals surface area contributed by atoms with Gasteiger partial charge in [-0.2, -0.15) is 0 Å². The summed E-state index contributed by atoms with van der Waals surface area (Å²) in [6, 6.07) is 0. The first-order valence-corrected chi connectivity index (χ1v) is 9.91. The van der Waals surface area contributed by atoms with Crippen molar-refractivity contribution >= 4 is 36.2 Å². The fourth-order valence-electron chi connectivity index (χ4n) is 1.20. The molecule has 2 N–H and O–H groups in total. The SMILES string of the molecule is [Na+].[Na+].[O-][Si]12O[Si]3([O-])O[Si](O)(O1)O[Si](O)(O2)O3. The van der Waals surface area contributed by atoms with E-state index < -0.39 is 36.2 Å². The van der Waals surface area contributed by atoms with Crippen LogP contribution < -0.4 is 68.7 Å². The van der Waals surface area contributed by atoms with Gasteiger partial charge in [-0.05, 0) is 0 Å². The van der Waals surface area contributed by atoms with Gasteiger partial charge in [0.05, 0.1) is 0 Å². The van der Waals surface area contributed by atoms with E-state index in [1.54, 1.807) is 0 Å². The fraction of sp³-hybridized carbons (Fsp3) is 0. The molecule has 0 aliphatic carbocycles. The van der Waals surface area contributed by atoms with Crippen molar-refractivity contribution in [1.82, 2.24) is 0 Å². The molecule has 4 heterocycles. The predicted octanol–water partition coefficient (Wildman–Crippen LogP) is -11.4. The predicted molar refractivity (Wildman–Crippen MR) is 34.0 cm³/mol. The summed E-state index contributed by atoms with van der Waals surface area (Å²) in [4.78, 5) is 41.6. The summed E-state index contributed by atoms with van der Waals surface area (Å²) < 4.78 is 26.1. The normalized spacial score (nSPS) is 57.8. The van der Waals surface area contributed by atoms with Gasteiger partial charge >= 0.3 is 95.3 Å². The van der Waals surface area contributed by atoms with Gasteiger partial charge in [0.2, 0.25) is 0 Å². The molecule has 4 fully saturated rings. The second kappa shape index (κ2) is 4.49. The Kier molecular flexibility index (Phi) is 4.64. The van der Waals surface area contributed by atoms with Crippen LogP contribution >= 0.6 is 0 Å². The first kappa shape index (κ1) is 16.5. The van der Waals surface area contributed by atoms with Gasteiger partial charge < -0.3 is 43.9 Å². The summed E-state index contributed by atoms with van der Waals surface area (Å²) in [6.45, 7) is 0. The second-order valence-electron chi connectivity index (χ2n) is 2.66. The van der Waals surface area contributed by atoms with Gasteiger partial charge in [0.15, 0.2) is 0 Å². The molecular formula is H2Na2O10Si4. The number of hydrogen-bond acceptors (Lipinski definition) is 10. The zero-order chi connectivity index (χ0) is 10.2. The molecule has 0 spiro atoms. The van der Waals surface area contributed by atoms with Crippen LogP contribution in [-0.2, 0) is 24.7 Å². The van der Waals surface area contributed by atoms with Gasteiger partial charge in [-0.15, -0.1) is 0 Å². The summed E-state index contributed by atoms with van der Waals surface area (Å²) in [6.07, 6.45) is 0. The van der Waals surface area contributed by atoms with Crippen LogP contribution in [0.15, 0.2) is 0 Å². The summed E-state index contributed by atoms with van der Waals surface area (Å²) in [7, 11) is -17.9. The maximum Gasteiger partial charge on any atom is 1.00 e. The van der Waals surface area contributed by atoms with Crippen LogP contribution in [0.4, 0.5) is 0 Å². The Labute approximate surface area is 138 Å². The third-order valence-electron chi connectivity index (χ3n) is 1.52. The first-order valence-electron chi connectivity index (χ1n) is 3.30. The molecule has 80 valence electrons. The van der Waals surface area contributed by atoms with Gasteiger partial charge in [0.1, 0.15) is 0 Å². The molecule has 0 amide bonds. The van der Waals surface area contributed by atoms with Gasteiger partial charge in [-0.1, -0.05) is 0 Å². The monoisotopic (exact) mass is 320 g/mol. The van der Waals surface area contributed by atoms with Crippen molar-refractivity contribution < 1.29 is 103 Å². The van der Waals surface area contributed by atoms with Crippen LogP contribution in [0.2, 0.25) is 0 Å². The average Bonchev–Trinajstić information content (AvgIpc) is 1.67. The van der Waals surface area contributed by atoms with Crippen LogP contribution in [0.25, 0.3) is 0 Å². The van der Waals surface area contributed by atoms with Crippen LogP contribution in [0, 0.1) is 0 Å². The largest absolute Gasteiger partial charge is 1.00 e. The second-order valence-corrected chi connectivity index (χ2v) is 11.7. The van der Waals surface area contributed by atoms with Crippen LogP contribution in [0.3, 0.4) is 0 Å². The smallest absolute Gasteiger partial charge is 0.795 e. The molecule has 0 aromatic heterocycles. The third-order valence-corrected chi connectivity index (χ3v) is 13.7. The Morgan fingerprint density at radius 3 is 1.19 bits per heavy atom. The fourth-order valence-corrected chi connectivity index (χ4v) is 15.3. The average molecular weight is 320 g/mol. The van der Waals surface area contributed by atoms with Gasteiger partial charge in [0, 0.05) is 0 Å². The quantitative estimate of drug-likeness (QED) is 0.413. The zero-order valence-corrected chi connectivity index (χ0v) is 16.2. The van der Waals surface area contributed by atoms with Crippen molar-refractivity contribution in [2.45, 2.75) is 0 Å². The van der Waals surface area contributed by atoms with E-state index in [4.69, 9.17) is 0 Å². The third kappa shape index (κ3) is 2.66. The van der Waals surface area contributed by atoms with E-state index in [0.717, 1.165) is 0 Å². The molecule has 4 bridgehead atoms. The van der Waals surface area contributed by atoms with Gasteiger partial charge in [0.25, 0.3) is 0 Å². The molecule has 16 heavy (non-hydrogen) atoms. The molecule has 4 saturated heterocycles. The maximum atomic E-state index is 11.4. The standard InChI is InChI=1S/2Na.H2O10Si4/c;;1-11-5-12(2)8-13(3,6-11)10-14(4,7-11)9-12/h;;1-2H/q2*+1;-2. The van der Waals surface area contributed by atoms with Gasteiger partial charge in [-0.3, -0.25) is 0 Å². The van der Waals surface area contributed by atoms with E-state index in [0.29, 0.717) is 0 Å². The molecular weight excluding hydrogens is 318 g/mol. The molecule has 0 unspecified atom stereocenters.